The average Bonchev–Trinajstić information content (AvgIpc) is 2.43. The van der Waals surface area contributed by atoms with E-state index in [1.807, 2.05) is 0 Å². The van der Waals surface area contributed by atoms with Crippen LogP contribution < -0.4 is 0 Å². The van der Waals surface area contributed by atoms with Gasteiger partial charge in [-0.3, -0.25) is 9.59 Å². The van der Waals surface area contributed by atoms with Crippen molar-refractivity contribution in [3.05, 3.63) is 0 Å². The van der Waals surface area contributed by atoms with E-state index < -0.39 is 33.4 Å². The molecule has 6 nitrogen and oxygen atoms in total. The molecule has 1 fully saturated rings. The summed E-state index contributed by atoms with van der Waals surface area (Å²) in [6, 6.07) is 0. The standard InChI is InChI=1S/C8H12O6S2/c9-7(10)3-6(8(11)12)15-5-1-2-16(13,14)4-5/h5-6H,1-4H2,(H,9,10)(H,11,12). The molecule has 0 saturated carbocycles. The van der Waals surface area contributed by atoms with Crippen LogP contribution in [0.15, 0.2) is 0 Å². The average molecular weight is 268 g/mol. The van der Waals surface area contributed by atoms with Gasteiger partial charge in [0.2, 0.25) is 0 Å². The Morgan fingerprint density at radius 2 is 2.00 bits per heavy atom. The van der Waals surface area contributed by atoms with Gasteiger partial charge in [0.15, 0.2) is 9.84 Å². The summed E-state index contributed by atoms with van der Waals surface area (Å²) in [5.41, 5.74) is 0. The number of hydrogen-bond acceptors (Lipinski definition) is 5. The highest BCUT2D eigenvalue weighted by atomic mass is 32.2. The van der Waals surface area contributed by atoms with Crippen LogP contribution in [-0.4, -0.2) is 52.6 Å². The van der Waals surface area contributed by atoms with E-state index >= 15 is 0 Å². The Kier molecular flexibility index (Phi) is 4.20. The van der Waals surface area contributed by atoms with Gasteiger partial charge in [0.05, 0.1) is 17.9 Å². The molecular formula is C8H12O6S2. The maximum Gasteiger partial charge on any atom is 0.317 e. The highest BCUT2D eigenvalue weighted by Crippen LogP contribution is 2.29. The molecule has 0 amide bonds. The molecule has 0 aromatic rings. The number of rotatable bonds is 5. The minimum Gasteiger partial charge on any atom is -0.481 e. The Bertz CT molecular complexity index is 387. The molecule has 0 radical (unpaired) electrons. The molecule has 0 spiro atoms. The minimum absolute atomic E-state index is 0.0545. The second-order valence-corrected chi connectivity index (χ2v) is 7.32. The van der Waals surface area contributed by atoms with Gasteiger partial charge in [-0.2, -0.15) is 0 Å². The Morgan fingerprint density at radius 1 is 1.38 bits per heavy atom. The lowest BCUT2D eigenvalue weighted by Crippen LogP contribution is -2.24. The predicted molar refractivity (Wildman–Crippen MR) is 58.3 cm³/mol. The number of hydrogen-bond donors (Lipinski definition) is 2. The predicted octanol–water partition coefficient (Wildman–Crippen LogP) is -0.165. The molecule has 0 aromatic heterocycles. The van der Waals surface area contributed by atoms with E-state index in [9.17, 15) is 18.0 Å². The Morgan fingerprint density at radius 3 is 2.38 bits per heavy atom. The van der Waals surface area contributed by atoms with Crippen molar-refractivity contribution in [3.63, 3.8) is 0 Å². The topological polar surface area (TPSA) is 109 Å². The SMILES string of the molecule is O=C(O)CC(SC1CCS(=O)(=O)C1)C(=O)O. The molecule has 2 unspecified atom stereocenters. The van der Waals surface area contributed by atoms with E-state index in [1.54, 1.807) is 0 Å². The van der Waals surface area contributed by atoms with Crippen molar-refractivity contribution >= 4 is 33.5 Å². The van der Waals surface area contributed by atoms with Crippen molar-refractivity contribution in [2.45, 2.75) is 23.3 Å². The monoisotopic (exact) mass is 268 g/mol. The molecule has 92 valence electrons. The Hall–Kier alpha value is -0.760. The zero-order chi connectivity index (χ0) is 12.3. The zero-order valence-corrected chi connectivity index (χ0v) is 9.96. The van der Waals surface area contributed by atoms with Crippen LogP contribution in [-0.2, 0) is 19.4 Å². The van der Waals surface area contributed by atoms with Crippen molar-refractivity contribution in [3.8, 4) is 0 Å². The normalized spacial score (nSPS) is 25.1. The van der Waals surface area contributed by atoms with Crippen LogP contribution >= 0.6 is 11.8 Å². The lowest BCUT2D eigenvalue weighted by molar-refractivity contribution is -0.142. The number of aliphatic carboxylic acids is 2. The van der Waals surface area contributed by atoms with Gasteiger partial charge in [0.25, 0.3) is 0 Å². The van der Waals surface area contributed by atoms with Crippen LogP contribution in [0, 0.1) is 0 Å². The third-order valence-corrected chi connectivity index (χ3v) is 5.65. The summed E-state index contributed by atoms with van der Waals surface area (Å²) >= 11 is 0.932. The summed E-state index contributed by atoms with van der Waals surface area (Å²) < 4.78 is 22.3. The first-order valence-electron chi connectivity index (χ1n) is 4.60. The fraction of sp³-hybridized carbons (Fsp3) is 0.750. The molecule has 16 heavy (non-hydrogen) atoms. The van der Waals surface area contributed by atoms with E-state index in [4.69, 9.17) is 10.2 Å². The maximum absolute atomic E-state index is 11.1. The summed E-state index contributed by atoms with van der Waals surface area (Å²) in [5, 5.41) is 15.9. The first-order chi connectivity index (χ1) is 7.30. The molecule has 0 bridgehead atoms. The maximum atomic E-state index is 11.1. The number of sulfone groups is 1. The Balaban J connectivity index is 2.56. The second-order valence-electron chi connectivity index (χ2n) is 3.59. The van der Waals surface area contributed by atoms with E-state index in [-0.39, 0.29) is 16.8 Å². The van der Waals surface area contributed by atoms with Crippen molar-refractivity contribution in [2.75, 3.05) is 11.5 Å². The van der Waals surface area contributed by atoms with Gasteiger partial charge in [-0.1, -0.05) is 0 Å². The summed E-state index contributed by atoms with van der Waals surface area (Å²) in [6.07, 6.45) is -0.0903. The summed E-state index contributed by atoms with van der Waals surface area (Å²) in [5.74, 6) is -2.40. The molecule has 0 aromatic carbocycles. The van der Waals surface area contributed by atoms with E-state index in [1.165, 1.54) is 0 Å². The molecular weight excluding hydrogens is 256 g/mol. The highest BCUT2D eigenvalue weighted by molar-refractivity contribution is 8.02. The Labute approximate surface area is 96.9 Å². The van der Waals surface area contributed by atoms with E-state index in [0.29, 0.717) is 6.42 Å². The van der Waals surface area contributed by atoms with Crippen molar-refractivity contribution in [1.82, 2.24) is 0 Å². The van der Waals surface area contributed by atoms with Crippen LogP contribution in [0.5, 0.6) is 0 Å². The largest absolute Gasteiger partial charge is 0.481 e. The fourth-order valence-corrected chi connectivity index (χ4v) is 5.16. The highest BCUT2D eigenvalue weighted by Gasteiger charge is 2.33. The van der Waals surface area contributed by atoms with Crippen molar-refractivity contribution in [2.24, 2.45) is 0 Å². The molecule has 8 heteroatoms. The molecule has 0 aliphatic carbocycles. The third kappa shape index (κ3) is 4.01. The van der Waals surface area contributed by atoms with Gasteiger partial charge in [-0.25, -0.2) is 8.42 Å². The minimum atomic E-state index is -3.06. The van der Waals surface area contributed by atoms with Crippen LogP contribution in [0.1, 0.15) is 12.8 Å². The van der Waals surface area contributed by atoms with Crippen LogP contribution in [0.25, 0.3) is 0 Å². The fourth-order valence-electron chi connectivity index (χ4n) is 1.45. The first-order valence-corrected chi connectivity index (χ1v) is 7.37. The van der Waals surface area contributed by atoms with Gasteiger partial charge < -0.3 is 10.2 Å². The number of carboxylic acids is 2. The van der Waals surface area contributed by atoms with Crippen LogP contribution in [0.4, 0.5) is 0 Å². The molecule has 2 atom stereocenters. The van der Waals surface area contributed by atoms with Gasteiger partial charge >= 0.3 is 11.9 Å². The molecule has 1 saturated heterocycles. The molecule has 1 rings (SSSR count). The van der Waals surface area contributed by atoms with Crippen molar-refractivity contribution < 1.29 is 28.2 Å². The zero-order valence-electron chi connectivity index (χ0n) is 8.33. The van der Waals surface area contributed by atoms with Crippen LogP contribution in [0.2, 0.25) is 0 Å². The van der Waals surface area contributed by atoms with Crippen molar-refractivity contribution in [1.29, 1.82) is 0 Å². The van der Waals surface area contributed by atoms with E-state index in [0.717, 1.165) is 11.8 Å². The lowest BCUT2D eigenvalue weighted by atomic mass is 10.3. The van der Waals surface area contributed by atoms with Crippen LogP contribution in [0.3, 0.4) is 0 Å². The van der Waals surface area contributed by atoms with Gasteiger partial charge in [0, 0.05) is 5.25 Å². The summed E-state index contributed by atoms with van der Waals surface area (Å²) in [7, 11) is -3.06. The summed E-state index contributed by atoms with van der Waals surface area (Å²) in [6.45, 7) is 0. The third-order valence-electron chi connectivity index (χ3n) is 2.18. The van der Waals surface area contributed by atoms with Gasteiger partial charge in [-0.05, 0) is 6.42 Å². The number of carbonyl (C=O) groups is 2. The molecule has 2 N–H and O–H groups in total. The first kappa shape index (κ1) is 13.3. The smallest absolute Gasteiger partial charge is 0.317 e. The van der Waals surface area contributed by atoms with Gasteiger partial charge in [-0.15, -0.1) is 11.8 Å². The quantitative estimate of drug-likeness (QED) is 0.712. The lowest BCUT2D eigenvalue weighted by Gasteiger charge is -2.13. The number of thioether (sulfide) groups is 1. The molecule has 1 aliphatic rings. The molecule has 1 aliphatic heterocycles. The van der Waals surface area contributed by atoms with E-state index in [2.05, 4.69) is 0 Å². The summed E-state index contributed by atoms with van der Waals surface area (Å²) in [4.78, 5) is 21.2. The van der Waals surface area contributed by atoms with Gasteiger partial charge in [0.1, 0.15) is 5.25 Å². The number of carboxylic acid groups (broad SMARTS) is 2. The molecule has 1 heterocycles. The second kappa shape index (κ2) is 5.05.